The van der Waals surface area contributed by atoms with Crippen LogP contribution in [0.25, 0.3) is 11.4 Å². The maximum atomic E-state index is 13.6. The number of allylic oxidation sites excluding steroid dienone is 2. The van der Waals surface area contributed by atoms with E-state index in [-0.39, 0.29) is 11.6 Å². The molecular formula is C24H23FN4O4. The molecule has 2 aliphatic rings. The zero-order valence-corrected chi connectivity index (χ0v) is 18.5. The first kappa shape index (κ1) is 21.0. The number of benzene rings is 2. The molecule has 1 aromatic heterocycles. The van der Waals surface area contributed by atoms with Crippen LogP contribution in [0.4, 0.5) is 10.3 Å². The average molecular weight is 450 g/mol. The van der Waals surface area contributed by atoms with Crippen LogP contribution in [0.15, 0.2) is 47.7 Å². The molecule has 0 spiro atoms. The van der Waals surface area contributed by atoms with E-state index >= 15 is 0 Å². The summed E-state index contributed by atoms with van der Waals surface area (Å²) < 4.78 is 31.7. The molecule has 170 valence electrons. The van der Waals surface area contributed by atoms with Crippen LogP contribution in [0.3, 0.4) is 0 Å². The molecular weight excluding hydrogens is 427 g/mol. The van der Waals surface area contributed by atoms with Gasteiger partial charge in [-0.2, -0.15) is 4.98 Å². The van der Waals surface area contributed by atoms with Crippen molar-refractivity contribution in [3.63, 3.8) is 0 Å². The number of carbonyl (C=O) groups is 1. The van der Waals surface area contributed by atoms with E-state index in [2.05, 4.69) is 5.32 Å². The quantitative estimate of drug-likeness (QED) is 0.625. The Balaban J connectivity index is 1.66. The minimum absolute atomic E-state index is 0.0635. The van der Waals surface area contributed by atoms with E-state index in [9.17, 15) is 9.18 Å². The summed E-state index contributed by atoms with van der Waals surface area (Å²) in [7, 11) is 4.63. The molecule has 1 atom stereocenters. The van der Waals surface area contributed by atoms with E-state index in [1.54, 1.807) is 43.2 Å². The largest absolute Gasteiger partial charge is 0.493 e. The van der Waals surface area contributed by atoms with Gasteiger partial charge in [0, 0.05) is 23.3 Å². The first-order valence-electron chi connectivity index (χ1n) is 10.6. The number of carbonyl (C=O) groups excluding carboxylic acids is 1. The van der Waals surface area contributed by atoms with Gasteiger partial charge in [-0.15, -0.1) is 5.10 Å². The highest BCUT2D eigenvalue weighted by Crippen LogP contribution is 2.43. The molecule has 0 radical (unpaired) electrons. The van der Waals surface area contributed by atoms with Crippen LogP contribution in [0, 0.1) is 5.82 Å². The lowest BCUT2D eigenvalue weighted by molar-refractivity contribution is -0.116. The Morgan fingerprint density at radius 3 is 2.36 bits per heavy atom. The highest BCUT2D eigenvalue weighted by Gasteiger charge is 2.37. The van der Waals surface area contributed by atoms with E-state index in [4.69, 9.17) is 24.3 Å². The highest BCUT2D eigenvalue weighted by atomic mass is 19.1. The fourth-order valence-electron chi connectivity index (χ4n) is 4.44. The number of Topliss-reactive ketones (excluding diaryl/α,β-unsaturated/α-hetero) is 1. The summed E-state index contributed by atoms with van der Waals surface area (Å²) in [6, 6.07) is 9.20. The summed E-state index contributed by atoms with van der Waals surface area (Å²) in [5, 5.41) is 8.04. The molecule has 0 saturated carbocycles. The Labute approximate surface area is 190 Å². The Morgan fingerprint density at radius 1 is 1.03 bits per heavy atom. The van der Waals surface area contributed by atoms with Crippen molar-refractivity contribution in [2.24, 2.45) is 0 Å². The number of halogens is 1. The second kappa shape index (κ2) is 8.23. The van der Waals surface area contributed by atoms with Crippen molar-refractivity contribution < 1.29 is 23.4 Å². The van der Waals surface area contributed by atoms with Crippen molar-refractivity contribution >= 4 is 11.7 Å². The van der Waals surface area contributed by atoms with Gasteiger partial charge in [-0.3, -0.25) is 4.79 Å². The van der Waals surface area contributed by atoms with Gasteiger partial charge in [0.2, 0.25) is 11.7 Å². The van der Waals surface area contributed by atoms with Gasteiger partial charge >= 0.3 is 0 Å². The number of ether oxygens (including phenoxy) is 3. The molecule has 2 heterocycles. The molecule has 0 amide bonds. The third-order valence-electron chi connectivity index (χ3n) is 5.98. The van der Waals surface area contributed by atoms with Gasteiger partial charge in [0.25, 0.3) is 0 Å². The summed E-state index contributed by atoms with van der Waals surface area (Å²) >= 11 is 0. The predicted molar refractivity (Wildman–Crippen MR) is 119 cm³/mol. The van der Waals surface area contributed by atoms with Gasteiger partial charge in [-0.1, -0.05) is 12.1 Å². The van der Waals surface area contributed by atoms with E-state index in [0.717, 1.165) is 24.1 Å². The number of anilines is 1. The first-order chi connectivity index (χ1) is 16.0. The van der Waals surface area contributed by atoms with Crippen LogP contribution in [0.2, 0.25) is 0 Å². The normalized spacial score (nSPS) is 17.2. The lowest BCUT2D eigenvalue weighted by Gasteiger charge is -2.32. The Bertz CT molecular complexity index is 1240. The third-order valence-corrected chi connectivity index (χ3v) is 5.98. The molecule has 2 aromatic carbocycles. The van der Waals surface area contributed by atoms with Gasteiger partial charge in [0.1, 0.15) is 11.9 Å². The van der Waals surface area contributed by atoms with Crippen molar-refractivity contribution in [1.82, 2.24) is 14.8 Å². The molecule has 1 aliphatic carbocycles. The molecule has 1 N–H and O–H groups in total. The van der Waals surface area contributed by atoms with E-state index in [0.29, 0.717) is 46.6 Å². The maximum absolute atomic E-state index is 13.6. The van der Waals surface area contributed by atoms with Crippen molar-refractivity contribution in [3.05, 3.63) is 59.0 Å². The number of hydrogen-bond donors (Lipinski definition) is 1. The second-order valence-corrected chi connectivity index (χ2v) is 7.87. The molecule has 1 unspecified atom stereocenters. The Morgan fingerprint density at radius 2 is 1.73 bits per heavy atom. The van der Waals surface area contributed by atoms with E-state index in [1.807, 2.05) is 0 Å². The number of aromatic nitrogens is 3. The number of nitrogens with zero attached hydrogens (tertiary/aromatic N) is 3. The standard InChI is InChI=1S/C24H23FN4O4/c1-31-18-11-14(12-19(32-2)22(18)33-3)23-27-24-26-16-5-4-6-17(30)20(16)21(29(24)28-23)13-7-9-15(25)10-8-13/h7-12,21H,4-6H2,1-3H3,(H,26,27,28). The predicted octanol–water partition coefficient (Wildman–Crippen LogP) is 4.13. The number of fused-ring (bicyclic) bond motifs is 1. The molecule has 9 heteroatoms. The smallest absolute Gasteiger partial charge is 0.226 e. The lowest BCUT2D eigenvalue weighted by atomic mass is 9.85. The highest BCUT2D eigenvalue weighted by molar-refractivity contribution is 5.99. The average Bonchev–Trinajstić information content (AvgIpc) is 3.26. The van der Waals surface area contributed by atoms with Crippen LogP contribution < -0.4 is 19.5 Å². The SMILES string of the molecule is COc1cc(-c2nc3n(n2)C(c2ccc(F)cc2)C2=C(CCCC2=O)N3)cc(OC)c1OC. The van der Waals surface area contributed by atoms with Crippen molar-refractivity contribution in [2.45, 2.75) is 25.3 Å². The van der Waals surface area contributed by atoms with Crippen LogP contribution in [0.5, 0.6) is 17.2 Å². The Hall–Kier alpha value is -3.88. The lowest BCUT2D eigenvalue weighted by Crippen LogP contribution is -2.31. The third kappa shape index (κ3) is 3.49. The summed E-state index contributed by atoms with van der Waals surface area (Å²) in [5.41, 5.74) is 2.93. The molecule has 33 heavy (non-hydrogen) atoms. The van der Waals surface area contributed by atoms with Crippen molar-refractivity contribution in [1.29, 1.82) is 0 Å². The topological polar surface area (TPSA) is 87.5 Å². The summed E-state index contributed by atoms with van der Waals surface area (Å²) in [6.45, 7) is 0. The van der Waals surface area contributed by atoms with E-state index < -0.39 is 6.04 Å². The number of ketones is 1. The van der Waals surface area contributed by atoms with Gasteiger partial charge in [-0.05, 0) is 42.7 Å². The van der Waals surface area contributed by atoms with Gasteiger partial charge in [0.15, 0.2) is 23.1 Å². The van der Waals surface area contributed by atoms with E-state index in [1.165, 1.54) is 19.2 Å². The number of rotatable bonds is 5. The van der Waals surface area contributed by atoms with Crippen LogP contribution in [-0.2, 0) is 4.79 Å². The zero-order valence-electron chi connectivity index (χ0n) is 18.5. The van der Waals surface area contributed by atoms with Crippen LogP contribution in [-0.4, -0.2) is 41.9 Å². The van der Waals surface area contributed by atoms with Gasteiger partial charge < -0.3 is 19.5 Å². The number of hydrogen-bond acceptors (Lipinski definition) is 7. The molecule has 0 bridgehead atoms. The van der Waals surface area contributed by atoms with Gasteiger partial charge in [0.05, 0.1) is 21.3 Å². The van der Waals surface area contributed by atoms with Gasteiger partial charge in [-0.25, -0.2) is 9.07 Å². The first-order valence-corrected chi connectivity index (χ1v) is 10.6. The maximum Gasteiger partial charge on any atom is 0.226 e. The number of methoxy groups -OCH3 is 3. The fourth-order valence-corrected chi connectivity index (χ4v) is 4.44. The van der Waals surface area contributed by atoms with Crippen molar-refractivity contribution in [2.75, 3.05) is 26.6 Å². The van der Waals surface area contributed by atoms with Crippen molar-refractivity contribution in [3.8, 4) is 28.6 Å². The Kier molecular flexibility index (Phi) is 5.24. The monoisotopic (exact) mass is 450 g/mol. The molecule has 8 nitrogen and oxygen atoms in total. The summed E-state index contributed by atoms with van der Waals surface area (Å²) in [6.07, 6.45) is 1.99. The molecule has 5 rings (SSSR count). The fraction of sp³-hybridized carbons (Fsp3) is 0.292. The second-order valence-electron chi connectivity index (χ2n) is 7.87. The number of nitrogens with one attached hydrogen (secondary N) is 1. The minimum Gasteiger partial charge on any atom is -0.493 e. The summed E-state index contributed by atoms with van der Waals surface area (Å²) in [4.78, 5) is 17.6. The van der Waals surface area contributed by atoms with Crippen LogP contribution in [0.1, 0.15) is 30.9 Å². The molecule has 0 saturated heterocycles. The molecule has 1 aliphatic heterocycles. The molecule has 0 fully saturated rings. The molecule has 3 aromatic rings. The minimum atomic E-state index is -0.493. The summed E-state index contributed by atoms with van der Waals surface area (Å²) in [5.74, 6) is 2.10. The zero-order chi connectivity index (χ0) is 23.1. The van der Waals surface area contributed by atoms with Crippen LogP contribution >= 0.6 is 0 Å².